The second-order valence-corrected chi connectivity index (χ2v) is 6.84. The Kier molecular flexibility index (Phi) is 6.14. The van der Waals surface area contributed by atoms with E-state index in [1.54, 1.807) is 0 Å². The number of benzene rings is 2. The number of carbonyl (C=O) groups is 1. The number of amides is 1. The zero-order chi connectivity index (χ0) is 19.2. The number of aryl methyl sites for hydroxylation is 1. The van der Waals surface area contributed by atoms with E-state index < -0.39 is 0 Å². The summed E-state index contributed by atoms with van der Waals surface area (Å²) >= 11 is 0. The number of aromatic nitrogens is 2. The Hall–Kier alpha value is -2.79. The van der Waals surface area contributed by atoms with Gasteiger partial charge in [-0.05, 0) is 39.3 Å². The predicted octanol–water partition coefficient (Wildman–Crippen LogP) is 4.15. The van der Waals surface area contributed by atoms with Gasteiger partial charge in [0.05, 0.1) is 17.2 Å². The Bertz CT molecular complexity index is 923. The van der Waals surface area contributed by atoms with Crippen LogP contribution in [0, 0.1) is 6.92 Å². The molecule has 0 aliphatic heterocycles. The highest BCUT2D eigenvalue weighted by atomic mass is 16.5. The monoisotopic (exact) mass is 363 g/mol. The zero-order valence-electron chi connectivity index (χ0n) is 16.0. The van der Waals surface area contributed by atoms with Gasteiger partial charge >= 0.3 is 0 Å². The maximum Gasteiger partial charge on any atom is 0.254 e. The first-order valence-corrected chi connectivity index (χ1v) is 9.28. The fourth-order valence-corrected chi connectivity index (χ4v) is 2.93. The SMILES string of the molecule is Cc1ccc2nnc(-c3ccccc3)c(C(=O)NCCCOC(C)C)c2c1. The summed E-state index contributed by atoms with van der Waals surface area (Å²) in [5.41, 5.74) is 3.84. The minimum Gasteiger partial charge on any atom is -0.379 e. The number of hydrogen-bond donors (Lipinski definition) is 1. The average Bonchev–Trinajstić information content (AvgIpc) is 2.67. The molecule has 3 rings (SSSR count). The third kappa shape index (κ3) is 4.68. The molecule has 0 saturated heterocycles. The molecule has 0 bridgehead atoms. The van der Waals surface area contributed by atoms with Gasteiger partial charge in [0.15, 0.2) is 0 Å². The summed E-state index contributed by atoms with van der Waals surface area (Å²) in [5.74, 6) is -0.135. The van der Waals surface area contributed by atoms with Crippen LogP contribution in [0.15, 0.2) is 48.5 Å². The van der Waals surface area contributed by atoms with Crippen LogP contribution in [-0.4, -0.2) is 35.4 Å². The normalized spacial score (nSPS) is 11.1. The molecular formula is C22H25N3O2. The van der Waals surface area contributed by atoms with Gasteiger partial charge in [0.2, 0.25) is 0 Å². The molecule has 0 aliphatic carbocycles. The Labute approximate surface area is 159 Å². The zero-order valence-corrected chi connectivity index (χ0v) is 16.0. The number of rotatable bonds is 7. The van der Waals surface area contributed by atoms with Crippen molar-refractivity contribution in [2.24, 2.45) is 0 Å². The van der Waals surface area contributed by atoms with E-state index in [4.69, 9.17) is 4.74 Å². The van der Waals surface area contributed by atoms with Crippen molar-refractivity contribution >= 4 is 16.8 Å². The van der Waals surface area contributed by atoms with Gasteiger partial charge in [-0.3, -0.25) is 4.79 Å². The van der Waals surface area contributed by atoms with Crippen molar-refractivity contribution in [3.8, 4) is 11.3 Å². The summed E-state index contributed by atoms with van der Waals surface area (Å²) in [6, 6.07) is 15.6. The first-order chi connectivity index (χ1) is 13.1. The van der Waals surface area contributed by atoms with Crippen molar-refractivity contribution in [3.63, 3.8) is 0 Å². The van der Waals surface area contributed by atoms with Crippen LogP contribution in [0.4, 0.5) is 0 Å². The lowest BCUT2D eigenvalue weighted by atomic mass is 10.00. The van der Waals surface area contributed by atoms with Crippen molar-refractivity contribution in [2.45, 2.75) is 33.3 Å². The molecule has 0 unspecified atom stereocenters. The van der Waals surface area contributed by atoms with Gasteiger partial charge in [-0.2, -0.15) is 0 Å². The highest BCUT2D eigenvalue weighted by Gasteiger charge is 2.19. The van der Waals surface area contributed by atoms with E-state index in [9.17, 15) is 4.79 Å². The summed E-state index contributed by atoms with van der Waals surface area (Å²) in [6.07, 6.45) is 0.960. The summed E-state index contributed by atoms with van der Waals surface area (Å²) in [6.45, 7) is 7.18. The van der Waals surface area contributed by atoms with Gasteiger partial charge in [-0.25, -0.2) is 0 Å². The summed E-state index contributed by atoms with van der Waals surface area (Å²) in [5, 5.41) is 12.5. The van der Waals surface area contributed by atoms with Crippen molar-refractivity contribution in [3.05, 3.63) is 59.7 Å². The van der Waals surface area contributed by atoms with Crippen molar-refractivity contribution in [1.82, 2.24) is 15.5 Å². The Morgan fingerprint density at radius 2 is 1.89 bits per heavy atom. The Morgan fingerprint density at radius 1 is 1.11 bits per heavy atom. The van der Waals surface area contributed by atoms with Crippen LogP contribution >= 0.6 is 0 Å². The molecule has 1 heterocycles. The predicted molar refractivity (Wildman–Crippen MR) is 108 cm³/mol. The Balaban J connectivity index is 1.93. The molecule has 0 atom stereocenters. The van der Waals surface area contributed by atoms with Gasteiger partial charge in [0.25, 0.3) is 5.91 Å². The number of hydrogen-bond acceptors (Lipinski definition) is 4. The van der Waals surface area contributed by atoms with Crippen LogP contribution in [0.5, 0.6) is 0 Å². The summed E-state index contributed by atoms with van der Waals surface area (Å²) in [4.78, 5) is 13.0. The molecular weight excluding hydrogens is 338 g/mol. The van der Waals surface area contributed by atoms with Crippen LogP contribution in [0.1, 0.15) is 36.2 Å². The minimum absolute atomic E-state index is 0.135. The van der Waals surface area contributed by atoms with E-state index in [0.29, 0.717) is 29.9 Å². The quantitative estimate of drug-likeness (QED) is 0.641. The number of nitrogens with one attached hydrogen (secondary N) is 1. The van der Waals surface area contributed by atoms with Crippen LogP contribution in [0.3, 0.4) is 0 Å². The molecule has 0 fully saturated rings. The van der Waals surface area contributed by atoms with Crippen molar-refractivity contribution in [2.75, 3.05) is 13.2 Å². The lowest BCUT2D eigenvalue weighted by molar-refractivity contribution is 0.0757. The van der Waals surface area contributed by atoms with Gasteiger partial charge in [-0.15, -0.1) is 10.2 Å². The second-order valence-electron chi connectivity index (χ2n) is 6.84. The van der Waals surface area contributed by atoms with E-state index in [1.165, 1.54) is 0 Å². The standard InChI is InChI=1S/C22H25N3O2/c1-15(2)27-13-7-12-23-22(26)20-18-14-16(3)10-11-19(18)24-25-21(20)17-8-5-4-6-9-17/h4-6,8-11,14-15H,7,12-13H2,1-3H3,(H,23,26). The average molecular weight is 363 g/mol. The third-order valence-electron chi connectivity index (χ3n) is 4.25. The topological polar surface area (TPSA) is 64.1 Å². The van der Waals surface area contributed by atoms with Gasteiger partial charge in [-0.1, -0.05) is 42.0 Å². The first-order valence-electron chi connectivity index (χ1n) is 9.28. The smallest absolute Gasteiger partial charge is 0.254 e. The lowest BCUT2D eigenvalue weighted by Gasteiger charge is -2.13. The van der Waals surface area contributed by atoms with E-state index in [1.807, 2.05) is 69.3 Å². The van der Waals surface area contributed by atoms with Crippen LogP contribution in [-0.2, 0) is 4.74 Å². The molecule has 0 saturated carbocycles. The van der Waals surface area contributed by atoms with Crippen LogP contribution < -0.4 is 5.32 Å². The van der Waals surface area contributed by atoms with Gasteiger partial charge < -0.3 is 10.1 Å². The van der Waals surface area contributed by atoms with Gasteiger partial charge in [0, 0.05) is 24.1 Å². The molecule has 2 aromatic carbocycles. The fourth-order valence-electron chi connectivity index (χ4n) is 2.93. The van der Waals surface area contributed by atoms with Crippen molar-refractivity contribution in [1.29, 1.82) is 0 Å². The highest BCUT2D eigenvalue weighted by Crippen LogP contribution is 2.27. The molecule has 3 aromatic rings. The Morgan fingerprint density at radius 3 is 2.63 bits per heavy atom. The van der Waals surface area contributed by atoms with Crippen molar-refractivity contribution < 1.29 is 9.53 Å². The molecule has 5 heteroatoms. The molecule has 0 spiro atoms. The van der Waals surface area contributed by atoms with E-state index in [-0.39, 0.29) is 12.0 Å². The number of nitrogens with zero attached hydrogens (tertiary/aromatic N) is 2. The second kappa shape index (κ2) is 8.73. The minimum atomic E-state index is -0.135. The van der Waals surface area contributed by atoms with Crippen LogP contribution in [0.25, 0.3) is 22.2 Å². The number of fused-ring (bicyclic) bond motifs is 1. The summed E-state index contributed by atoms with van der Waals surface area (Å²) in [7, 11) is 0. The molecule has 140 valence electrons. The lowest BCUT2D eigenvalue weighted by Crippen LogP contribution is -2.27. The highest BCUT2D eigenvalue weighted by molar-refractivity contribution is 6.10. The largest absolute Gasteiger partial charge is 0.379 e. The third-order valence-corrected chi connectivity index (χ3v) is 4.25. The molecule has 27 heavy (non-hydrogen) atoms. The fraction of sp³-hybridized carbons (Fsp3) is 0.318. The molecule has 1 amide bonds. The van der Waals surface area contributed by atoms with E-state index >= 15 is 0 Å². The maximum atomic E-state index is 13.0. The molecule has 1 aromatic heterocycles. The molecule has 0 radical (unpaired) electrons. The molecule has 1 N–H and O–H groups in total. The van der Waals surface area contributed by atoms with Crippen LogP contribution in [0.2, 0.25) is 0 Å². The first kappa shape index (κ1) is 19.0. The number of carbonyl (C=O) groups excluding carboxylic acids is 1. The maximum absolute atomic E-state index is 13.0. The molecule has 5 nitrogen and oxygen atoms in total. The number of ether oxygens (including phenoxy) is 1. The van der Waals surface area contributed by atoms with Gasteiger partial charge in [0.1, 0.15) is 5.69 Å². The van der Waals surface area contributed by atoms with E-state index in [2.05, 4.69) is 15.5 Å². The molecule has 0 aliphatic rings. The summed E-state index contributed by atoms with van der Waals surface area (Å²) < 4.78 is 5.53. The van der Waals surface area contributed by atoms with E-state index in [0.717, 1.165) is 22.9 Å².